The molecule has 0 aliphatic rings. The van der Waals surface area contributed by atoms with E-state index in [1.165, 1.54) is 11.8 Å². The van der Waals surface area contributed by atoms with Crippen molar-refractivity contribution in [2.75, 3.05) is 0 Å². The maximum absolute atomic E-state index is 13.2. The van der Waals surface area contributed by atoms with Crippen molar-refractivity contribution >= 4 is 28.6 Å². The highest BCUT2D eigenvalue weighted by Gasteiger charge is 2.32. The number of para-hydroxylation sites is 1. The van der Waals surface area contributed by atoms with Crippen molar-refractivity contribution < 1.29 is 4.79 Å². The first-order valence-corrected chi connectivity index (χ1v) is 10.9. The molecule has 0 aliphatic heterocycles. The van der Waals surface area contributed by atoms with Crippen LogP contribution in [-0.4, -0.2) is 31.2 Å². The first kappa shape index (κ1) is 22.5. The second-order valence-corrected chi connectivity index (χ2v) is 9.19. The van der Waals surface area contributed by atoms with E-state index in [-0.39, 0.29) is 17.4 Å². The minimum atomic E-state index is -0.974. The number of carbonyl (C=O) groups is 1. The Morgan fingerprint density at radius 3 is 2.65 bits per heavy atom. The predicted octanol–water partition coefficient (Wildman–Crippen LogP) is 3.37. The molecule has 31 heavy (non-hydrogen) atoms. The fourth-order valence-electron chi connectivity index (χ4n) is 2.92. The molecule has 160 valence electrons. The van der Waals surface area contributed by atoms with Gasteiger partial charge in [0.25, 0.3) is 5.56 Å². The topological polar surface area (TPSA) is 101 Å². The molecule has 2 atom stereocenters. The number of nitriles is 1. The highest BCUT2D eigenvalue weighted by atomic mass is 32.2. The van der Waals surface area contributed by atoms with Gasteiger partial charge in [-0.15, -0.1) is 0 Å². The Morgan fingerprint density at radius 2 is 2.00 bits per heavy atom. The van der Waals surface area contributed by atoms with E-state index in [9.17, 15) is 14.9 Å². The molecule has 2 unspecified atom stereocenters. The molecule has 3 aromatic rings. The van der Waals surface area contributed by atoms with Gasteiger partial charge >= 0.3 is 0 Å². The van der Waals surface area contributed by atoms with Crippen molar-refractivity contribution in [2.24, 2.45) is 5.92 Å². The van der Waals surface area contributed by atoms with Gasteiger partial charge in [0, 0.05) is 12.4 Å². The Hall–Kier alpha value is -3.18. The van der Waals surface area contributed by atoms with Crippen LogP contribution in [0.3, 0.4) is 0 Å². The first-order chi connectivity index (χ1) is 14.7. The molecule has 3 rings (SSSR count). The Balaban J connectivity index is 1.97. The van der Waals surface area contributed by atoms with Gasteiger partial charge in [-0.1, -0.05) is 43.8 Å². The Kier molecular flexibility index (Phi) is 6.76. The summed E-state index contributed by atoms with van der Waals surface area (Å²) < 4.78 is 1.57. The lowest BCUT2D eigenvalue weighted by atomic mass is 9.90. The number of aromatic nitrogens is 3. The number of amides is 1. The van der Waals surface area contributed by atoms with E-state index in [4.69, 9.17) is 0 Å². The van der Waals surface area contributed by atoms with Crippen LogP contribution in [0.25, 0.3) is 10.9 Å². The number of fused-ring (bicyclic) bond motifs is 1. The molecular formula is C23H25N5O2S. The normalized spacial score (nSPS) is 14.1. The fourth-order valence-corrected chi connectivity index (χ4v) is 3.83. The number of hydrogen-bond donors (Lipinski definition) is 1. The standard InChI is InChI=1S/C23H25N5O2S/c1-15(2)23(4,14-24)27-20(29)16(3)31-22-26-19-10-6-5-9-18(19)21(30)28(22)13-17-8-7-11-25-12-17/h5-12,15-16H,13H2,1-4H3,(H,27,29). The highest BCUT2D eigenvalue weighted by Crippen LogP contribution is 2.25. The lowest BCUT2D eigenvalue weighted by Crippen LogP contribution is -2.51. The SMILES string of the molecule is CC(Sc1nc2ccccc2c(=O)n1Cc1cccnc1)C(=O)NC(C)(C#N)C(C)C. The Morgan fingerprint density at radius 1 is 1.26 bits per heavy atom. The zero-order valence-electron chi connectivity index (χ0n) is 18.0. The summed E-state index contributed by atoms with van der Waals surface area (Å²) in [5.74, 6) is -0.334. The second kappa shape index (κ2) is 9.31. The summed E-state index contributed by atoms with van der Waals surface area (Å²) in [6, 6.07) is 13.0. The van der Waals surface area contributed by atoms with E-state index in [1.807, 2.05) is 32.0 Å². The van der Waals surface area contributed by atoms with Gasteiger partial charge in [0.05, 0.1) is 28.8 Å². The zero-order valence-corrected chi connectivity index (χ0v) is 18.8. The van der Waals surface area contributed by atoms with Crippen LogP contribution in [0.15, 0.2) is 58.7 Å². The van der Waals surface area contributed by atoms with Gasteiger partial charge in [0.1, 0.15) is 5.54 Å². The van der Waals surface area contributed by atoms with Crippen LogP contribution in [0.4, 0.5) is 0 Å². The third-order valence-corrected chi connectivity index (χ3v) is 6.40. The molecule has 0 fully saturated rings. The summed E-state index contributed by atoms with van der Waals surface area (Å²) in [7, 11) is 0. The van der Waals surface area contributed by atoms with Gasteiger partial charge < -0.3 is 5.32 Å². The van der Waals surface area contributed by atoms with Crippen LogP contribution in [0.5, 0.6) is 0 Å². The third-order valence-electron chi connectivity index (χ3n) is 5.31. The van der Waals surface area contributed by atoms with E-state index >= 15 is 0 Å². The van der Waals surface area contributed by atoms with E-state index in [2.05, 4.69) is 21.4 Å². The smallest absolute Gasteiger partial charge is 0.262 e. The molecule has 1 aromatic carbocycles. The molecule has 8 heteroatoms. The van der Waals surface area contributed by atoms with Gasteiger partial charge in [-0.05, 0) is 43.5 Å². The summed E-state index contributed by atoms with van der Waals surface area (Å²) in [5.41, 5.74) is 0.290. The van der Waals surface area contributed by atoms with E-state index in [1.54, 1.807) is 49.0 Å². The molecule has 1 N–H and O–H groups in total. The summed E-state index contributed by atoms with van der Waals surface area (Å²) >= 11 is 1.20. The van der Waals surface area contributed by atoms with Crippen LogP contribution in [0, 0.1) is 17.2 Å². The maximum atomic E-state index is 13.2. The van der Waals surface area contributed by atoms with E-state index < -0.39 is 10.8 Å². The number of thioether (sulfide) groups is 1. The van der Waals surface area contributed by atoms with Crippen molar-refractivity contribution in [1.29, 1.82) is 5.26 Å². The maximum Gasteiger partial charge on any atom is 0.262 e. The number of nitrogens with zero attached hydrogens (tertiary/aromatic N) is 4. The largest absolute Gasteiger partial charge is 0.337 e. The van der Waals surface area contributed by atoms with Gasteiger partial charge in [0.15, 0.2) is 5.16 Å². The van der Waals surface area contributed by atoms with E-state index in [0.29, 0.717) is 22.6 Å². The number of rotatable bonds is 7. The lowest BCUT2D eigenvalue weighted by molar-refractivity contribution is -0.121. The van der Waals surface area contributed by atoms with Gasteiger partial charge in [-0.2, -0.15) is 5.26 Å². The van der Waals surface area contributed by atoms with E-state index in [0.717, 1.165) is 5.56 Å². The summed E-state index contributed by atoms with van der Waals surface area (Å²) in [4.78, 5) is 34.8. The van der Waals surface area contributed by atoms with Crippen molar-refractivity contribution in [3.05, 3.63) is 64.7 Å². The summed E-state index contributed by atoms with van der Waals surface area (Å²) in [6.45, 7) is 7.52. The lowest BCUT2D eigenvalue weighted by Gasteiger charge is -2.28. The number of benzene rings is 1. The molecular weight excluding hydrogens is 410 g/mol. The van der Waals surface area contributed by atoms with Crippen molar-refractivity contribution in [1.82, 2.24) is 19.9 Å². The molecule has 0 saturated heterocycles. The summed E-state index contributed by atoms with van der Waals surface area (Å²) in [5, 5.41) is 12.7. The van der Waals surface area contributed by atoms with Crippen LogP contribution in [0.1, 0.15) is 33.3 Å². The highest BCUT2D eigenvalue weighted by molar-refractivity contribution is 8.00. The van der Waals surface area contributed by atoms with Crippen LogP contribution in [-0.2, 0) is 11.3 Å². The molecule has 7 nitrogen and oxygen atoms in total. The first-order valence-electron chi connectivity index (χ1n) is 10.0. The van der Waals surface area contributed by atoms with Crippen LogP contribution in [0.2, 0.25) is 0 Å². The second-order valence-electron chi connectivity index (χ2n) is 7.88. The number of hydrogen-bond acceptors (Lipinski definition) is 6. The van der Waals surface area contributed by atoms with Crippen molar-refractivity contribution in [2.45, 2.75) is 50.2 Å². The number of pyridine rings is 1. The molecule has 0 saturated carbocycles. The van der Waals surface area contributed by atoms with Crippen molar-refractivity contribution in [3.63, 3.8) is 0 Å². The van der Waals surface area contributed by atoms with Gasteiger partial charge in [-0.3, -0.25) is 19.1 Å². The number of carbonyl (C=O) groups excluding carboxylic acids is 1. The Bertz CT molecular complexity index is 1190. The average molecular weight is 436 g/mol. The van der Waals surface area contributed by atoms with Gasteiger partial charge in [-0.25, -0.2) is 4.98 Å². The molecule has 0 aliphatic carbocycles. The molecule has 0 spiro atoms. The minimum Gasteiger partial charge on any atom is -0.337 e. The minimum absolute atomic E-state index is 0.0544. The van der Waals surface area contributed by atoms with Crippen molar-refractivity contribution in [3.8, 4) is 6.07 Å². The predicted molar refractivity (Wildman–Crippen MR) is 122 cm³/mol. The third kappa shape index (κ3) is 4.94. The van der Waals surface area contributed by atoms with Gasteiger partial charge in [0.2, 0.25) is 5.91 Å². The molecule has 0 bridgehead atoms. The summed E-state index contributed by atoms with van der Waals surface area (Å²) in [6.07, 6.45) is 3.38. The zero-order chi connectivity index (χ0) is 22.6. The fraction of sp³-hybridized carbons (Fsp3) is 0.348. The molecule has 1 amide bonds. The molecule has 2 aromatic heterocycles. The molecule has 0 radical (unpaired) electrons. The quantitative estimate of drug-likeness (QED) is 0.451. The number of nitrogens with one attached hydrogen (secondary N) is 1. The molecule has 2 heterocycles. The van der Waals surface area contributed by atoms with Crippen LogP contribution < -0.4 is 10.9 Å². The Labute approximate surface area is 185 Å². The average Bonchev–Trinajstić information content (AvgIpc) is 2.76. The monoisotopic (exact) mass is 435 g/mol. The van der Waals surface area contributed by atoms with Crippen LogP contribution >= 0.6 is 11.8 Å².